The number of rotatable bonds is 8. The number of carbonyl (C=O) groups is 2. The fourth-order valence-corrected chi connectivity index (χ4v) is 1.70. The van der Waals surface area contributed by atoms with Gasteiger partial charge in [-0.15, -0.1) is 0 Å². The molecule has 0 saturated heterocycles. The van der Waals surface area contributed by atoms with Crippen LogP contribution in [0.3, 0.4) is 0 Å². The van der Waals surface area contributed by atoms with Crippen molar-refractivity contribution in [1.82, 2.24) is 4.90 Å². The van der Waals surface area contributed by atoms with Gasteiger partial charge in [0.2, 0.25) is 5.91 Å². The predicted octanol–water partition coefficient (Wildman–Crippen LogP) is 1.16. The summed E-state index contributed by atoms with van der Waals surface area (Å²) in [6.07, 6.45) is 2.18. The maximum absolute atomic E-state index is 12.0. The highest BCUT2D eigenvalue weighted by Crippen LogP contribution is 2.12. The highest BCUT2D eigenvalue weighted by molar-refractivity contribution is 5.82. The van der Waals surface area contributed by atoms with Crippen molar-refractivity contribution in [2.24, 2.45) is 11.7 Å². The smallest absolute Gasteiger partial charge is 0.325 e. The number of ether oxygens (including phenoxy) is 1. The molecule has 0 aromatic heterocycles. The second-order valence-corrected chi connectivity index (χ2v) is 4.91. The summed E-state index contributed by atoms with van der Waals surface area (Å²) < 4.78 is 4.60. The van der Waals surface area contributed by atoms with E-state index in [-0.39, 0.29) is 24.5 Å². The summed E-state index contributed by atoms with van der Waals surface area (Å²) in [5, 5.41) is 0. The van der Waals surface area contributed by atoms with Crippen molar-refractivity contribution in [3.63, 3.8) is 0 Å². The Morgan fingerprint density at radius 1 is 1.22 bits per heavy atom. The van der Waals surface area contributed by atoms with E-state index < -0.39 is 0 Å². The third-order valence-electron chi connectivity index (χ3n) is 2.98. The monoisotopic (exact) mass is 258 g/mol. The van der Waals surface area contributed by atoms with Crippen LogP contribution < -0.4 is 5.73 Å². The van der Waals surface area contributed by atoms with Crippen LogP contribution in [0.2, 0.25) is 0 Å². The largest absolute Gasteiger partial charge is 0.468 e. The van der Waals surface area contributed by atoms with Gasteiger partial charge in [0.05, 0.1) is 7.11 Å². The molecule has 18 heavy (non-hydrogen) atoms. The molecule has 1 atom stereocenters. The molecule has 0 aromatic rings. The van der Waals surface area contributed by atoms with E-state index in [0.29, 0.717) is 18.9 Å². The number of amides is 1. The summed E-state index contributed by atoms with van der Waals surface area (Å²) >= 11 is 0. The van der Waals surface area contributed by atoms with Crippen molar-refractivity contribution >= 4 is 11.9 Å². The Morgan fingerprint density at radius 3 is 2.28 bits per heavy atom. The Bertz CT molecular complexity index is 267. The molecular formula is C13H26N2O3. The maximum Gasteiger partial charge on any atom is 0.325 e. The van der Waals surface area contributed by atoms with E-state index in [9.17, 15) is 9.59 Å². The molecule has 0 aliphatic heterocycles. The van der Waals surface area contributed by atoms with Crippen molar-refractivity contribution in [1.29, 1.82) is 0 Å². The number of nitrogens with zero attached hydrogens (tertiary/aromatic N) is 1. The van der Waals surface area contributed by atoms with Crippen LogP contribution in [0.4, 0.5) is 0 Å². The minimum absolute atomic E-state index is 0.000675. The first-order valence-corrected chi connectivity index (χ1v) is 6.48. The van der Waals surface area contributed by atoms with E-state index in [0.717, 1.165) is 12.8 Å². The molecule has 1 unspecified atom stereocenters. The molecule has 0 aromatic carbocycles. The van der Waals surface area contributed by atoms with Crippen molar-refractivity contribution < 1.29 is 14.3 Å². The summed E-state index contributed by atoms with van der Waals surface area (Å²) in [5.41, 5.74) is 5.47. The topological polar surface area (TPSA) is 72.6 Å². The van der Waals surface area contributed by atoms with Gasteiger partial charge < -0.3 is 15.4 Å². The van der Waals surface area contributed by atoms with Crippen LogP contribution >= 0.6 is 0 Å². The van der Waals surface area contributed by atoms with E-state index >= 15 is 0 Å². The summed E-state index contributed by atoms with van der Waals surface area (Å²) in [6, 6.07) is 0.00131. The molecule has 0 heterocycles. The van der Waals surface area contributed by atoms with E-state index in [1.807, 2.05) is 13.8 Å². The van der Waals surface area contributed by atoms with Gasteiger partial charge >= 0.3 is 5.97 Å². The van der Waals surface area contributed by atoms with Crippen LogP contribution in [0, 0.1) is 5.92 Å². The average molecular weight is 258 g/mol. The molecule has 2 N–H and O–H groups in total. The lowest BCUT2D eigenvalue weighted by Crippen LogP contribution is -2.41. The van der Waals surface area contributed by atoms with E-state index in [2.05, 4.69) is 11.7 Å². The molecule has 1 amide bonds. The molecule has 0 aliphatic rings. The zero-order valence-electron chi connectivity index (χ0n) is 11.9. The van der Waals surface area contributed by atoms with Crippen LogP contribution in [-0.4, -0.2) is 43.0 Å². The summed E-state index contributed by atoms with van der Waals surface area (Å²) in [5.74, 6) is 0.0532. The minimum atomic E-state index is -0.382. The Kier molecular flexibility index (Phi) is 8.37. The van der Waals surface area contributed by atoms with Crippen LogP contribution in [0.25, 0.3) is 0 Å². The molecule has 0 radical (unpaired) electrons. The molecule has 0 rings (SSSR count). The fraction of sp³-hybridized carbons (Fsp3) is 0.846. The SMILES string of the molecule is COC(=O)CN(C(=O)CCC(C)CCN)C(C)C. The van der Waals surface area contributed by atoms with Crippen LogP contribution in [0.15, 0.2) is 0 Å². The van der Waals surface area contributed by atoms with Crippen molar-refractivity contribution in [3.05, 3.63) is 0 Å². The van der Waals surface area contributed by atoms with Gasteiger partial charge in [-0.25, -0.2) is 0 Å². The summed E-state index contributed by atoms with van der Waals surface area (Å²) in [6.45, 7) is 6.54. The zero-order chi connectivity index (χ0) is 14.1. The normalized spacial score (nSPS) is 12.3. The van der Waals surface area contributed by atoms with Gasteiger partial charge in [0.15, 0.2) is 0 Å². The van der Waals surface area contributed by atoms with Gasteiger partial charge in [-0.1, -0.05) is 6.92 Å². The second kappa shape index (κ2) is 8.91. The minimum Gasteiger partial charge on any atom is -0.468 e. The number of esters is 1. The molecule has 106 valence electrons. The lowest BCUT2D eigenvalue weighted by atomic mass is 10.0. The van der Waals surface area contributed by atoms with E-state index in [1.54, 1.807) is 4.90 Å². The van der Waals surface area contributed by atoms with Gasteiger partial charge in [-0.05, 0) is 39.2 Å². The lowest BCUT2D eigenvalue weighted by molar-refractivity contribution is -0.148. The Balaban J connectivity index is 4.27. The third kappa shape index (κ3) is 6.59. The molecule has 0 aliphatic carbocycles. The number of carbonyl (C=O) groups excluding carboxylic acids is 2. The van der Waals surface area contributed by atoms with Gasteiger partial charge in [0.25, 0.3) is 0 Å². The molecule has 0 bridgehead atoms. The molecule has 5 heteroatoms. The number of nitrogens with two attached hydrogens (primary N) is 1. The maximum atomic E-state index is 12.0. The highest BCUT2D eigenvalue weighted by Gasteiger charge is 2.20. The standard InChI is InChI=1S/C13H26N2O3/c1-10(2)15(9-13(17)18-4)12(16)6-5-11(3)7-8-14/h10-11H,5-9,14H2,1-4H3. The molecule has 0 fully saturated rings. The van der Waals surface area contributed by atoms with E-state index in [4.69, 9.17) is 5.73 Å². The van der Waals surface area contributed by atoms with Crippen molar-refractivity contribution in [2.75, 3.05) is 20.2 Å². The predicted molar refractivity (Wildman–Crippen MR) is 70.9 cm³/mol. The van der Waals surface area contributed by atoms with Crippen molar-refractivity contribution in [2.45, 2.75) is 46.1 Å². The fourth-order valence-electron chi connectivity index (χ4n) is 1.70. The van der Waals surface area contributed by atoms with Gasteiger partial charge in [0.1, 0.15) is 6.54 Å². The molecular weight excluding hydrogens is 232 g/mol. The first-order chi connectivity index (χ1) is 8.42. The number of hydrogen-bond donors (Lipinski definition) is 1. The second-order valence-electron chi connectivity index (χ2n) is 4.91. The number of methoxy groups -OCH3 is 1. The van der Waals surface area contributed by atoms with Crippen LogP contribution in [-0.2, 0) is 14.3 Å². The van der Waals surface area contributed by atoms with Crippen molar-refractivity contribution in [3.8, 4) is 0 Å². The molecule has 0 spiro atoms. The van der Waals surface area contributed by atoms with Crippen LogP contribution in [0.5, 0.6) is 0 Å². The molecule has 5 nitrogen and oxygen atoms in total. The Hall–Kier alpha value is -1.10. The van der Waals surface area contributed by atoms with Gasteiger partial charge in [-0.2, -0.15) is 0 Å². The highest BCUT2D eigenvalue weighted by atomic mass is 16.5. The van der Waals surface area contributed by atoms with E-state index in [1.165, 1.54) is 7.11 Å². The Morgan fingerprint density at radius 2 is 1.83 bits per heavy atom. The zero-order valence-corrected chi connectivity index (χ0v) is 11.9. The summed E-state index contributed by atoms with van der Waals surface area (Å²) in [4.78, 5) is 24.8. The molecule has 0 saturated carbocycles. The first kappa shape index (κ1) is 16.9. The first-order valence-electron chi connectivity index (χ1n) is 6.48. The average Bonchev–Trinajstić information content (AvgIpc) is 2.32. The van der Waals surface area contributed by atoms with Gasteiger partial charge in [0, 0.05) is 12.5 Å². The third-order valence-corrected chi connectivity index (χ3v) is 2.98. The van der Waals surface area contributed by atoms with Crippen LogP contribution in [0.1, 0.15) is 40.0 Å². The lowest BCUT2D eigenvalue weighted by Gasteiger charge is -2.26. The van der Waals surface area contributed by atoms with Gasteiger partial charge in [-0.3, -0.25) is 9.59 Å². The Labute approximate surface area is 110 Å². The number of hydrogen-bond acceptors (Lipinski definition) is 4. The quantitative estimate of drug-likeness (QED) is 0.663. The summed E-state index contributed by atoms with van der Waals surface area (Å²) in [7, 11) is 1.33.